The molecule has 1 saturated heterocycles. The average Bonchev–Trinajstić information content (AvgIpc) is 2.82. The molecule has 0 saturated carbocycles. The molecule has 0 aromatic heterocycles. The van der Waals surface area contributed by atoms with Crippen LogP contribution in [-0.4, -0.2) is 25.3 Å². The van der Waals surface area contributed by atoms with Crippen LogP contribution in [0.25, 0.3) is 0 Å². The van der Waals surface area contributed by atoms with Gasteiger partial charge in [0.25, 0.3) is 0 Å². The molecule has 0 bridgehead atoms. The maximum absolute atomic E-state index is 13.2. The van der Waals surface area contributed by atoms with Crippen molar-refractivity contribution in [2.75, 3.05) is 18.5 Å². The number of nitrogens with one attached hydrogen (secondary N) is 2. The van der Waals surface area contributed by atoms with Crippen LogP contribution in [0.1, 0.15) is 12.8 Å². The first-order chi connectivity index (χ1) is 8.25. The van der Waals surface area contributed by atoms with Crippen molar-refractivity contribution in [2.24, 2.45) is 0 Å². The van der Waals surface area contributed by atoms with Gasteiger partial charge in [0, 0.05) is 13.2 Å². The summed E-state index contributed by atoms with van der Waals surface area (Å²) < 4.78 is 18.6. The number of para-hydroxylation sites is 1. The van der Waals surface area contributed by atoms with Crippen molar-refractivity contribution >= 4 is 11.7 Å². The monoisotopic (exact) mass is 238 g/mol. The Morgan fingerprint density at radius 1 is 1.47 bits per heavy atom. The lowest BCUT2D eigenvalue weighted by Crippen LogP contribution is -2.35. The summed E-state index contributed by atoms with van der Waals surface area (Å²) in [7, 11) is 0. The van der Waals surface area contributed by atoms with E-state index >= 15 is 0 Å². The van der Waals surface area contributed by atoms with Crippen molar-refractivity contribution in [3.8, 4) is 0 Å². The van der Waals surface area contributed by atoms with Crippen LogP contribution in [0.15, 0.2) is 24.3 Å². The van der Waals surface area contributed by atoms with Crippen LogP contribution < -0.4 is 10.6 Å². The molecule has 2 amide bonds. The molecule has 92 valence electrons. The number of halogens is 1. The highest BCUT2D eigenvalue weighted by Gasteiger charge is 2.16. The molecule has 1 unspecified atom stereocenters. The number of hydrogen-bond donors (Lipinski definition) is 2. The van der Waals surface area contributed by atoms with Gasteiger partial charge in [0.1, 0.15) is 5.82 Å². The molecule has 1 heterocycles. The van der Waals surface area contributed by atoms with E-state index < -0.39 is 11.8 Å². The Balaban J connectivity index is 1.79. The van der Waals surface area contributed by atoms with E-state index in [1.807, 2.05) is 0 Å². The van der Waals surface area contributed by atoms with Gasteiger partial charge in [0.05, 0.1) is 11.8 Å². The third-order valence-corrected chi connectivity index (χ3v) is 2.64. The van der Waals surface area contributed by atoms with Gasteiger partial charge in [-0.15, -0.1) is 0 Å². The number of urea groups is 1. The van der Waals surface area contributed by atoms with Crippen molar-refractivity contribution in [2.45, 2.75) is 18.9 Å². The van der Waals surface area contributed by atoms with E-state index in [-0.39, 0.29) is 11.8 Å². The number of ether oxygens (including phenoxy) is 1. The lowest BCUT2D eigenvalue weighted by atomic mass is 10.2. The fourth-order valence-corrected chi connectivity index (χ4v) is 1.74. The highest BCUT2D eigenvalue weighted by atomic mass is 19.1. The van der Waals surface area contributed by atoms with Crippen LogP contribution in [0, 0.1) is 5.82 Å². The highest BCUT2D eigenvalue weighted by Crippen LogP contribution is 2.13. The molecular weight excluding hydrogens is 223 g/mol. The predicted octanol–water partition coefficient (Wildman–Crippen LogP) is 2.13. The molecule has 4 nitrogen and oxygen atoms in total. The van der Waals surface area contributed by atoms with Crippen LogP contribution in [0.4, 0.5) is 14.9 Å². The molecule has 1 aromatic rings. The Labute approximate surface area is 99.2 Å². The lowest BCUT2D eigenvalue weighted by molar-refractivity contribution is 0.112. The number of amides is 2. The molecule has 0 aliphatic carbocycles. The summed E-state index contributed by atoms with van der Waals surface area (Å²) in [6.07, 6.45) is 2.07. The smallest absolute Gasteiger partial charge is 0.319 e. The second-order valence-electron chi connectivity index (χ2n) is 3.95. The summed E-state index contributed by atoms with van der Waals surface area (Å²) in [5.41, 5.74) is 0.178. The second kappa shape index (κ2) is 5.63. The molecule has 17 heavy (non-hydrogen) atoms. The van der Waals surface area contributed by atoms with Crippen LogP contribution in [0.5, 0.6) is 0 Å². The van der Waals surface area contributed by atoms with E-state index in [1.54, 1.807) is 12.1 Å². The summed E-state index contributed by atoms with van der Waals surface area (Å²) in [6, 6.07) is 5.64. The topological polar surface area (TPSA) is 50.4 Å². The SMILES string of the molecule is O=C(NCC1CCCO1)Nc1ccccc1F. The van der Waals surface area contributed by atoms with Gasteiger partial charge >= 0.3 is 6.03 Å². The molecular formula is C12H15FN2O2. The standard InChI is InChI=1S/C12H15FN2O2/c13-10-5-1-2-6-11(10)15-12(16)14-8-9-4-3-7-17-9/h1-2,5-6,9H,3-4,7-8H2,(H2,14,15,16). The van der Waals surface area contributed by atoms with Gasteiger partial charge in [-0.1, -0.05) is 12.1 Å². The predicted molar refractivity (Wildman–Crippen MR) is 62.4 cm³/mol. The molecule has 1 aliphatic rings. The largest absolute Gasteiger partial charge is 0.376 e. The van der Waals surface area contributed by atoms with Gasteiger partial charge in [0.2, 0.25) is 0 Å². The Kier molecular flexibility index (Phi) is 3.93. The normalized spacial score (nSPS) is 19.0. The van der Waals surface area contributed by atoms with E-state index in [1.165, 1.54) is 12.1 Å². The van der Waals surface area contributed by atoms with Crippen LogP contribution in [0.2, 0.25) is 0 Å². The maximum atomic E-state index is 13.2. The molecule has 5 heteroatoms. The Morgan fingerprint density at radius 2 is 2.29 bits per heavy atom. The first-order valence-corrected chi connectivity index (χ1v) is 5.66. The Hall–Kier alpha value is -1.62. The van der Waals surface area contributed by atoms with E-state index in [2.05, 4.69) is 10.6 Å². The molecule has 1 aromatic carbocycles. The molecule has 2 N–H and O–H groups in total. The Morgan fingerprint density at radius 3 is 3.00 bits per heavy atom. The number of benzene rings is 1. The van der Waals surface area contributed by atoms with E-state index in [9.17, 15) is 9.18 Å². The maximum Gasteiger partial charge on any atom is 0.319 e. The van der Waals surface area contributed by atoms with Gasteiger partial charge in [-0.3, -0.25) is 0 Å². The summed E-state index contributed by atoms with van der Waals surface area (Å²) in [6.45, 7) is 1.21. The minimum Gasteiger partial charge on any atom is -0.376 e. The minimum atomic E-state index is -0.445. The van der Waals surface area contributed by atoms with Crippen molar-refractivity contribution < 1.29 is 13.9 Å². The number of carbonyl (C=O) groups is 1. The summed E-state index contributed by atoms with van der Waals surface area (Å²) in [5.74, 6) is -0.445. The molecule has 1 aliphatic heterocycles. The van der Waals surface area contributed by atoms with Gasteiger partial charge in [-0.05, 0) is 25.0 Å². The number of hydrogen-bond acceptors (Lipinski definition) is 2. The van der Waals surface area contributed by atoms with E-state index in [0.29, 0.717) is 6.54 Å². The fourth-order valence-electron chi connectivity index (χ4n) is 1.74. The zero-order valence-electron chi connectivity index (χ0n) is 9.41. The summed E-state index contributed by atoms with van der Waals surface area (Å²) in [4.78, 5) is 11.5. The molecule has 2 rings (SSSR count). The summed E-state index contributed by atoms with van der Waals surface area (Å²) in [5, 5.41) is 5.11. The lowest BCUT2D eigenvalue weighted by Gasteiger charge is -2.11. The fraction of sp³-hybridized carbons (Fsp3) is 0.417. The minimum absolute atomic E-state index is 0.0846. The van der Waals surface area contributed by atoms with Crippen molar-refractivity contribution in [3.05, 3.63) is 30.1 Å². The quantitative estimate of drug-likeness (QED) is 0.847. The number of rotatable bonds is 3. The van der Waals surface area contributed by atoms with Gasteiger partial charge in [-0.2, -0.15) is 0 Å². The molecule has 0 radical (unpaired) electrons. The van der Waals surface area contributed by atoms with Crippen LogP contribution >= 0.6 is 0 Å². The third-order valence-electron chi connectivity index (χ3n) is 2.64. The first kappa shape index (κ1) is 11.9. The van der Waals surface area contributed by atoms with Gasteiger partial charge in [-0.25, -0.2) is 9.18 Å². The first-order valence-electron chi connectivity index (χ1n) is 5.66. The van der Waals surface area contributed by atoms with Crippen LogP contribution in [-0.2, 0) is 4.74 Å². The van der Waals surface area contributed by atoms with Gasteiger partial charge < -0.3 is 15.4 Å². The zero-order chi connectivity index (χ0) is 12.1. The van der Waals surface area contributed by atoms with Gasteiger partial charge in [0.15, 0.2) is 0 Å². The highest BCUT2D eigenvalue weighted by molar-refractivity contribution is 5.89. The zero-order valence-corrected chi connectivity index (χ0v) is 9.41. The van der Waals surface area contributed by atoms with E-state index in [4.69, 9.17) is 4.74 Å². The van der Waals surface area contributed by atoms with Crippen molar-refractivity contribution in [1.29, 1.82) is 0 Å². The molecule has 1 fully saturated rings. The van der Waals surface area contributed by atoms with E-state index in [0.717, 1.165) is 19.4 Å². The third kappa shape index (κ3) is 3.42. The Bertz CT molecular complexity index is 392. The molecule has 0 spiro atoms. The summed E-state index contributed by atoms with van der Waals surface area (Å²) >= 11 is 0. The number of anilines is 1. The van der Waals surface area contributed by atoms with Crippen molar-refractivity contribution in [1.82, 2.24) is 5.32 Å². The van der Waals surface area contributed by atoms with Crippen molar-refractivity contribution in [3.63, 3.8) is 0 Å². The second-order valence-corrected chi connectivity index (χ2v) is 3.95. The van der Waals surface area contributed by atoms with Crippen LogP contribution in [0.3, 0.4) is 0 Å². The average molecular weight is 238 g/mol. The number of carbonyl (C=O) groups excluding carboxylic acids is 1. The molecule has 1 atom stereocenters.